The topological polar surface area (TPSA) is 29.4 Å². The van der Waals surface area contributed by atoms with Crippen LogP contribution in [0.2, 0.25) is 0 Å². The third-order valence-electron chi connectivity index (χ3n) is 2.65. The van der Waals surface area contributed by atoms with E-state index in [0.29, 0.717) is 11.3 Å². The lowest BCUT2D eigenvalue weighted by Crippen LogP contribution is -2.08. The monoisotopic (exact) mass is 281 g/mol. The van der Waals surface area contributed by atoms with Crippen LogP contribution in [0.1, 0.15) is 5.56 Å². The standard InChI is InChI=1S/C14H7F4NO/c15-13-6-3-10(7-12(13)14(16,17)18)9-1-4-11(5-2-9)19-8-20/h1-7H. The molecule has 0 atom stereocenters. The third-order valence-corrected chi connectivity index (χ3v) is 2.65. The lowest BCUT2D eigenvalue weighted by atomic mass is 10.0. The lowest BCUT2D eigenvalue weighted by molar-refractivity contribution is -0.139. The first-order chi connectivity index (χ1) is 9.41. The molecule has 2 aromatic carbocycles. The molecule has 0 fully saturated rings. The van der Waals surface area contributed by atoms with Crippen LogP contribution in [0.4, 0.5) is 23.2 Å². The Morgan fingerprint density at radius 1 is 0.950 bits per heavy atom. The molecule has 0 amide bonds. The van der Waals surface area contributed by atoms with Gasteiger partial charge in [0.25, 0.3) is 0 Å². The summed E-state index contributed by atoms with van der Waals surface area (Å²) in [6.07, 6.45) is -3.39. The number of carbonyl (C=O) groups excluding carboxylic acids is 1. The smallest absolute Gasteiger partial charge is 0.211 e. The van der Waals surface area contributed by atoms with Crippen LogP contribution in [-0.4, -0.2) is 6.08 Å². The van der Waals surface area contributed by atoms with Gasteiger partial charge in [0.1, 0.15) is 5.82 Å². The maximum atomic E-state index is 13.2. The van der Waals surface area contributed by atoms with Crippen molar-refractivity contribution in [2.45, 2.75) is 6.18 Å². The highest BCUT2D eigenvalue weighted by Crippen LogP contribution is 2.34. The van der Waals surface area contributed by atoms with E-state index in [1.165, 1.54) is 36.4 Å². The molecule has 0 aliphatic heterocycles. The highest BCUT2D eigenvalue weighted by atomic mass is 19.4. The first-order valence-corrected chi connectivity index (χ1v) is 5.47. The number of halogens is 4. The molecule has 2 rings (SSSR count). The van der Waals surface area contributed by atoms with Gasteiger partial charge in [-0.05, 0) is 35.4 Å². The van der Waals surface area contributed by atoms with Crippen LogP contribution in [0, 0.1) is 5.82 Å². The molecule has 0 N–H and O–H groups in total. The van der Waals surface area contributed by atoms with Crippen molar-refractivity contribution in [2.24, 2.45) is 4.99 Å². The van der Waals surface area contributed by atoms with Crippen LogP contribution in [0.25, 0.3) is 11.1 Å². The van der Waals surface area contributed by atoms with Crippen molar-refractivity contribution >= 4 is 11.8 Å². The van der Waals surface area contributed by atoms with Gasteiger partial charge in [0, 0.05) is 0 Å². The van der Waals surface area contributed by atoms with Crippen LogP contribution in [-0.2, 0) is 11.0 Å². The second-order valence-electron chi connectivity index (χ2n) is 3.94. The van der Waals surface area contributed by atoms with Crippen molar-refractivity contribution in [3.05, 3.63) is 53.8 Å². The second-order valence-corrected chi connectivity index (χ2v) is 3.94. The van der Waals surface area contributed by atoms with Crippen LogP contribution >= 0.6 is 0 Å². The number of rotatable bonds is 2. The van der Waals surface area contributed by atoms with Crippen molar-refractivity contribution in [3.63, 3.8) is 0 Å². The molecule has 0 radical (unpaired) electrons. The van der Waals surface area contributed by atoms with Crippen molar-refractivity contribution in [3.8, 4) is 11.1 Å². The lowest BCUT2D eigenvalue weighted by Gasteiger charge is -2.10. The first-order valence-electron chi connectivity index (χ1n) is 5.47. The fourth-order valence-electron chi connectivity index (χ4n) is 1.70. The van der Waals surface area contributed by atoms with E-state index in [0.717, 1.165) is 12.1 Å². The molecule has 0 aromatic heterocycles. The van der Waals surface area contributed by atoms with E-state index < -0.39 is 17.6 Å². The van der Waals surface area contributed by atoms with Crippen molar-refractivity contribution in [1.82, 2.24) is 0 Å². The molecule has 20 heavy (non-hydrogen) atoms. The molecular weight excluding hydrogens is 274 g/mol. The summed E-state index contributed by atoms with van der Waals surface area (Å²) in [7, 11) is 0. The predicted octanol–water partition coefficient (Wildman–Crippen LogP) is 4.48. The fourth-order valence-corrected chi connectivity index (χ4v) is 1.70. The zero-order valence-electron chi connectivity index (χ0n) is 9.91. The minimum atomic E-state index is -4.75. The van der Waals surface area contributed by atoms with Crippen LogP contribution in [0.15, 0.2) is 47.5 Å². The van der Waals surface area contributed by atoms with Gasteiger partial charge in [0.2, 0.25) is 6.08 Å². The van der Waals surface area contributed by atoms with Crippen LogP contribution in [0.3, 0.4) is 0 Å². The van der Waals surface area contributed by atoms with E-state index in [9.17, 15) is 22.4 Å². The second kappa shape index (κ2) is 5.27. The Morgan fingerprint density at radius 3 is 2.10 bits per heavy atom. The number of isocyanates is 1. The predicted molar refractivity (Wildman–Crippen MR) is 64.6 cm³/mol. The number of aliphatic imine (C=N–C) groups is 1. The van der Waals surface area contributed by atoms with Gasteiger partial charge in [-0.15, -0.1) is 0 Å². The summed E-state index contributed by atoms with van der Waals surface area (Å²) >= 11 is 0. The molecule has 0 aliphatic rings. The number of nitrogens with zero attached hydrogens (tertiary/aromatic N) is 1. The zero-order chi connectivity index (χ0) is 14.8. The highest BCUT2D eigenvalue weighted by molar-refractivity contribution is 5.67. The quantitative estimate of drug-likeness (QED) is 0.453. The Kier molecular flexibility index (Phi) is 3.68. The molecule has 0 saturated heterocycles. The summed E-state index contributed by atoms with van der Waals surface area (Å²) < 4.78 is 51.0. The maximum Gasteiger partial charge on any atom is 0.419 e. The number of benzene rings is 2. The average molecular weight is 281 g/mol. The van der Waals surface area contributed by atoms with Crippen molar-refractivity contribution in [1.29, 1.82) is 0 Å². The Morgan fingerprint density at radius 2 is 1.55 bits per heavy atom. The summed E-state index contributed by atoms with van der Waals surface area (Å²) in [4.78, 5) is 13.4. The molecule has 0 unspecified atom stereocenters. The molecule has 0 spiro atoms. The van der Waals surface area contributed by atoms with Gasteiger partial charge in [-0.3, -0.25) is 0 Å². The summed E-state index contributed by atoms with van der Waals surface area (Å²) in [5.74, 6) is -1.32. The van der Waals surface area contributed by atoms with Crippen molar-refractivity contribution < 1.29 is 22.4 Å². The minimum Gasteiger partial charge on any atom is -0.211 e. The van der Waals surface area contributed by atoms with E-state index in [4.69, 9.17) is 0 Å². The van der Waals surface area contributed by atoms with Gasteiger partial charge in [-0.2, -0.15) is 18.2 Å². The Balaban J connectivity index is 2.45. The minimum absolute atomic E-state index is 0.223. The van der Waals surface area contributed by atoms with Crippen LogP contribution < -0.4 is 0 Å². The summed E-state index contributed by atoms with van der Waals surface area (Å²) in [6, 6.07) is 8.66. The van der Waals surface area contributed by atoms with Crippen molar-refractivity contribution in [2.75, 3.05) is 0 Å². The molecule has 0 heterocycles. The molecule has 2 aromatic rings. The van der Waals surface area contributed by atoms with Gasteiger partial charge in [-0.1, -0.05) is 18.2 Å². The third kappa shape index (κ3) is 2.92. The molecule has 6 heteroatoms. The zero-order valence-corrected chi connectivity index (χ0v) is 9.91. The Hall–Kier alpha value is -2.46. The van der Waals surface area contributed by atoms with E-state index in [2.05, 4.69) is 4.99 Å². The normalized spacial score (nSPS) is 11.0. The van der Waals surface area contributed by atoms with E-state index >= 15 is 0 Å². The van der Waals surface area contributed by atoms with Gasteiger partial charge in [-0.25, -0.2) is 9.18 Å². The molecule has 2 nitrogen and oxygen atoms in total. The van der Waals surface area contributed by atoms with Gasteiger partial charge in [0.15, 0.2) is 0 Å². The number of alkyl halides is 3. The number of hydrogen-bond acceptors (Lipinski definition) is 2. The SMILES string of the molecule is O=C=Nc1ccc(-c2ccc(F)c(C(F)(F)F)c2)cc1. The van der Waals surface area contributed by atoms with Crippen LogP contribution in [0.5, 0.6) is 0 Å². The number of hydrogen-bond donors (Lipinski definition) is 0. The van der Waals surface area contributed by atoms with E-state index in [-0.39, 0.29) is 5.56 Å². The first kappa shape index (κ1) is 14.0. The molecule has 102 valence electrons. The van der Waals surface area contributed by atoms with E-state index in [1.54, 1.807) is 0 Å². The average Bonchev–Trinajstić information content (AvgIpc) is 2.39. The largest absolute Gasteiger partial charge is 0.419 e. The maximum absolute atomic E-state index is 13.2. The summed E-state index contributed by atoms with van der Waals surface area (Å²) in [5.41, 5.74) is -0.299. The van der Waals surface area contributed by atoms with Gasteiger partial charge >= 0.3 is 6.18 Å². The summed E-state index contributed by atoms with van der Waals surface area (Å²) in [6.45, 7) is 0. The Bertz CT molecular complexity index is 671. The van der Waals surface area contributed by atoms with Gasteiger partial charge < -0.3 is 0 Å². The molecular formula is C14H7F4NO. The molecule has 0 aliphatic carbocycles. The van der Waals surface area contributed by atoms with E-state index in [1.807, 2.05) is 0 Å². The fraction of sp³-hybridized carbons (Fsp3) is 0.0714. The highest BCUT2D eigenvalue weighted by Gasteiger charge is 2.34. The summed E-state index contributed by atoms with van der Waals surface area (Å²) in [5, 5.41) is 0. The molecule has 0 bridgehead atoms. The molecule has 0 saturated carbocycles. The Labute approximate surface area is 111 Å². The van der Waals surface area contributed by atoms with Gasteiger partial charge in [0.05, 0.1) is 11.3 Å².